The van der Waals surface area contributed by atoms with E-state index >= 15 is 0 Å². The fourth-order valence-corrected chi connectivity index (χ4v) is 4.40. The number of nitrogens with zero attached hydrogens (tertiary/aromatic N) is 3. The minimum atomic E-state index is -0.237. The molecule has 7 heteroatoms. The molecule has 26 heavy (non-hydrogen) atoms. The molecule has 3 rings (SSSR count). The van der Waals surface area contributed by atoms with Gasteiger partial charge in [-0.2, -0.15) is 0 Å². The number of aliphatic hydroxyl groups excluding tert-OH is 1. The number of anilines is 1. The fraction of sp³-hybridized carbons (Fsp3) is 0.526. The van der Waals surface area contributed by atoms with Crippen molar-refractivity contribution in [1.82, 2.24) is 15.1 Å². The first-order valence-electron chi connectivity index (χ1n) is 9.22. The van der Waals surface area contributed by atoms with Crippen molar-refractivity contribution < 1.29 is 9.90 Å². The van der Waals surface area contributed by atoms with Gasteiger partial charge in [-0.05, 0) is 24.8 Å². The molecule has 1 aliphatic rings. The largest absolute Gasteiger partial charge is 0.396 e. The molecule has 0 spiro atoms. The molecule has 1 aromatic heterocycles. The van der Waals surface area contributed by atoms with Crippen LogP contribution in [0.5, 0.6) is 0 Å². The number of carbonyl (C=O) groups excluding carboxylic acids is 1. The third-order valence-corrected chi connectivity index (χ3v) is 5.98. The Labute approximate surface area is 158 Å². The van der Waals surface area contributed by atoms with Crippen molar-refractivity contribution >= 4 is 22.5 Å². The van der Waals surface area contributed by atoms with Crippen LogP contribution in [0.25, 0.3) is 0 Å². The molecule has 0 aliphatic heterocycles. The average Bonchev–Trinajstić information content (AvgIpc) is 3.15. The lowest BCUT2D eigenvalue weighted by molar-refractivity contribution is 0.184. The van der Waals surface area contributed by atoms with E-state index in [1.165, 1.54) is 30.6 Å². The molecule has 1 aliphatic carbocycles. The van der Waals surface area contributed by atoms with Crippen LogP contribution < -0.4 is 5.32 Å². The van der Waals surface area contributed by atoms with E-state index in [0.29, 0.717) is 17.5 Å². The molecule has 140 valence electrons. The van der Waals surface area contributed by atoms with Crippen LogP contribution in [0.4, 0.5) is 9.93 Å². The van der Waals surface area contributed by atoms with Gasteiger partial charge in [0.1, 0.15) is 5.01 Å². The van der Waals surface area contributed by atoms with Crippen LogP contribution in [0, 0.1) is 0 Å². The van der Waals surface area contributed by atoms with Gasteiger partial charge in [0.15, 0.2) is 0 Å². The SMILES string of the molecule is CN(C(=O)Nc1nnc(C2CCCCC2)s1)C(CCO)c1ccccc1. The Hall–Kier alpha value is -1.99. The van der Waals surface area contributed by atoms with E-state index in [-0.39, 0.29) is 18.7 Å². The first-order valence-corrected chi connectivity index (χ1v) is 10.0. The van der Waals surface area contributed by atoms with Crippen LogP contribution in [-0.4, -0.2) is 39.9 Å². The van der Waals surface area contributed by atoms with E-state index in [4.69, 9.17) is 0 Å². The first-order chi connectivity index (χ1) is 12.7. The van der Waals surface area contributed by atoms with E-state index in [2.05, 4.69) is 15.5 Å². The summed E-state index contributed by atoms with van der Waals surface area (Å²) in [6.07, 6.45) is 6.60. The molecule has 0 bridgehead atoms. The molecule has 1 aromatic carbocycles. The van der Waals surface area contributed by atoms with Crippen molar-refractivity contribution in [2.75, 3.05) is 19.0 Å². The number of benzene rings is 1. The minimum Gasteiger partial charge on any atom is -0.396 e. The summed E-state index contributed by atoms with van der Waals surface area (Å²) in [6.45, 7) is 0.0157. The highest BCUT2D eigenvalue weighted by atomic mass is 32.1. The van der Waals surface area contributed by atoms with Gasteiger partial charge in [0.2, 0.25) is 5.13 Å². The van der Waals surface area contributed by atoms with Crippen LogP contribution in [-0.2, 0) is 0 Å². The quantitative estimate of drug-likeness (QED) is 0.795. The van der Waals surface area contributed by atoms with Gasteiger partial charge >= 0.3 is 6.03 Å². The van der Waals surface area contributed by atoms with Gasteiger partial charge in [-0.25, -0.2) is 4.79 Å². The van der Waals surface area contributed by atoms with E-state index in [1.807, 2.05) is 30.3 Å². The molecule has 1 fully saturated rings. The fourth-order valence-electron chi connectivity index (χ4n) is 3.50. The van der Waals surface area contributed by atoms with E-state index < -0.39 is 0 Å². The summed E-state index contributed by atoms with van der Waals surface area (Å²) in [7, 11) is 1.74. The third kappa shape index (κ3) is 4.59. The number of hydrogen-bond acceptors (Lipinski definition) is 5. The summed E-state index contributed by atoms with van der Waals surface area (Å²) < 4.78 is 0. The number of aromatic nitrogens is 2. The Kier molecular flexibility index (Phi) is 6.57. The first kappa shape index (κ1) is 18.8. The summed E-state index contributed by atoms with van der Waals surface area (Å²) in [5, 5.41) is 22.3. The zero-order chi connectivity index (χ0) is 18.4. The number of aliphatic hydroxyl groups is 1. The smallest absolute Gasteiger partial charge is 0.323 e. The van der Waals surface area contributed by atoms with Gasteiger partial charge in [-0.1, -0.05) is 60.9 Å². The van der Waals surface area contributed by atoms with Crippen molar-refractivity contribution in [3.63, 3.8) is 0 Å². The van der Waals surface area contributed by atoms with E-state index in [0.717, 1.165) is 23.4 Å². The van der Waals surface area contributed by atoms with Gasteiger partial charge in [0, 0.05) is 19.6 Å². The second kappa shape index (κ2) is 9.09. The number of amides is 2. The summed E-state index contributed by atoms with van der Waals surface area (Å²) >= 11 is 1.48. The number of carbonyl (C=O) groups is 1. The molecule has 1 heterocycles. The molecule has 0 saturated heterocycles. The molecule has 2 aromatic rings. The summed E-state index contributed by atoms with van der Waals surface area (Å²) in [4.78, 5) is 14.3. The Morgan fingerprint density at radius 3 is 2.69 bits per heavy atom. The number of hydrogen-bond donors (Lipinski definition) is 2. The second-order valence-electron chi connectivity index (χ2n) is 6.76. The lowest BCUT2D eigenvalue weighted by Crippen LogP contribution is -2.35. The van der Waals surface area contributed by atoms with Crippen molar-refractivity contribution in [1.29, 1.82) is 0 Å². The van der Waals surface area contributed by atoms with Crippen molar-refractivity contribution in [2.45, 2.75) is 50.5 Å². The standard InChI is InChI=1S/C19H26N4O2S/c1-23(16(12-13-24)14-8-4-2-5-9-14)19(25)20-18-22-21-17(26-18)15-10-6-3-7-11-15/h2,4-5,8-9,15-16,24H,3,6-7,10-13H2,1H3,(H,20,22,25). The van der Waals surface area contributed by atoms with Gasteiger partial charge in [-0.3, -0.25) is 5.32 Å². The topological polar surface area (TPSA) is 78.4 Å². The van der Waals surface area contributed by atoms with Crippen LogP contribution >= 0.6 is 11.3 Å². The predicted octanol–water partition coefficient (Wildman–Crippen LogP) is 4.17. The molecule has 2 amide bonds. The van der Waals surface area contributed by atoms with Crippen LogP contribution in [0.2, 0.25) is 0 Å². The van der Waals surface area contributed by atoms with Gasteiger partial charge < -0.3 is 10.0 Å². The van der Waals surface area contributed by atoms with E-state index in [1.54, 1.807) is 11.9 Å². The molecule has 1 atom stereocenters. The lowest BCUT2D eigenvalue weighted by atomic mass is 9.90. The van der Waals surface area contributed by atoms with Crippen molar-refractivity contribution in [3.05, 3.63) is 40.9 Å². The van der Waals surface area contributed by atoms with Crippen molar-refractivity contribution in [3.8, 4) is 0 Å². The lowest BCUT2D eigenvalue weighted by Gasteiger charge is -2.28. The normalized spacial score (nSPS) is 16.2. The Balaban J connectivity index is 1.65. The third-order valence-electron chi connectivity index (χ3n) is 4.98. The molecule has 0 radical (unpaired) electrons. The minimum absolute atomic E-state index is 0.0157. The maximum atomic E-state index is 12.7. The van der Waals surface area contributed by atoms with Gasteiger partial charge in [-0.15, -0.1) is 10.2 Å². The van der Waals surface area contributed by atoms with Gasteiger partial charge in [0.05, 0.1) is 6.04 Å². The highest BCUT2D eigenvalue weighted by molar-refractivity contribution is 7.15. The molecule has 1 unspecified atom stereocenters. The van der Waals surface area contributed by atoms with Crippen LogP contribution in [0.15, 0.2) is 30.3 Å². The maximum absolute atomic E-state index is 12.7. The number of rotatable bonds is 6. The van der Waals surface area contributed by atoms with Crippen LogP contribution in [0.1, 0.15) is 61.1 Å². The molecule has 6 nitrogen and oxygen atoms in total. The molecule has 1 saturated carbocycles. The summed E-state index contributed by atoms with van der Waals surface area (Å²) in [6, 6.07) is 9.32. The Morgan fingerprint density at radius 2 is 2.00 bits per heavy atom. The Bertz CT molecular complexity index is 701. The van der Waals surface area contributed by atoms with Crippen molar-refractivity contribution in [2.24, 2.45) is 0 Å². The Morgan fingerprint density at radius 1 is 1.27 bits per heavy atom. The van der Waals surface area contributed by atoms with Gasteiger partial charge in [0.25, 0.3) is 0 Å². The van der Waals surface area contributed by atoms with Crippen LogP contribution in [0.3, 0.4) is 0 Å². The molecular weight excluding hydrogens is 348 g/mol. The number of nitrogens with one attached hydrogen (secondary N) is 1. The molecule has 2 N–H and O–H groups in total. The highest BCUT2D eigenvalue weighted by Crippen LogP contribution is 2.35. The zero-order valence-electron chi connectivity index (χ0n) is 15.1. The van der Waals surface area contributed by atoms with E-state index in [9.17, 15) is 9.90 Å². The zero-order valence-corrected chi connectivity index (χ0v) is 15.9. The second-order valence-corrected chi connectivity index (χ2v) is 7.77. The monoisotopic (exact) mass is 374 g/mol. The molecular formula is C19H26N4O2S. The maximum Gasteiger partial charge on any atom is 0.323 e. The highest BCUT2D eigenvalue weighted by Gasteiger charge is 2.24. The summed E-state index contributed by atoms with van der Waals surface area (Å²) in [5.74, 6) is 0.482. The predicted molar refractivity (Wildman–Crippen MR) is 103 cm³/mol. The number of urea groups is 1. The summed E-state index contributed by atoms with van der Waals surface area (Å²) in [5.41, 5.74) is 0.999. The average molecular weight is 375 g/mol.